The van der Waals surface area contributed by atoms with Crippen LogP contribution in [0.2, 0.25) is 5.02 Å². The molecule has 3 aromatic rings. The van der Waals surface area contributed by atoms with Crippen LogP contribution in [-0.2, 0) is 11.3 Å². The van der Waals surface area contributed by atoms with Gasteiger partial charge in [-0.1, -0.05) is 47.6 Å². The minimum absolute atomic E-state index is 0.144. The lowest BCUT2D eigenvalue weighted by molar-refractivity contribution is -0.113. The predicted molar refractivity (Wildman–Crippen MR) is 131 cm³/mol. The Hall–Kier alpha value is -2.77. The van der Waals surface area contributed by atoms with Crippen molar-refractivity contribution in [3.8, 4) is 5.75 Å². The van der Waals surface area contributed by atoms with E-state index in [1.165, 1.54) is 17.3 Å². The number of halogens is 1. The van der Waals surface area contributed by atoms with Gasteiger partial charge in [-0.2, -0.15) is 0 Å². The second-order valence-corrected chi connectivity index (χ2v) is 8.80. The molecule has 8 heteroatoms. The fraction of sp³-hybridized carbons (Fsp3) is 0.292. The van der Waals surface area contributed by atoms with Crippen molar-refractivity contribution in [1.29, 1.82) is 0 Å². The lowest BCUT2D eigenvalue weighted by atomic mass is 10.1. The number of aromatic nitrogens is 3. The van der Waals surface area contributed by atoms with Gasteiger partial charge < -0.3 is 10.1 Å². The summed E-state index contributed by atoms with van der Waals surface area (Å²) >= 11 is 7.45. The van der Waals surface area contributed by atoms with Crippen molar-refractivity contribution in [2.45, 2.75) is 45.5 Å². The molecule has 0 aliphatic heterocycles. The Balaban J connectivity index is 1.71. The van der Waals surface area contributed by atoms with Gasteiger partial charge in [0, 0.05) is 17.3 Å². The van der Waals surface area contributed by atoms with Crippen LogP contribution in [0.3, 0.4) is 0 Å². The molecular weight excluding hydrogens is 444 g/mol. The first kappa shape index (κ1) is 23.9. The van der Waals surface area contributed by atoms with E-state index in [1.54, 1.807) is 12.1 Å². The minimum Gasteiger partial charge on any atom is -0.482 e. The Morgan fingerprint density at radius 3 is 2.72 bits per heavy atom. The van der Waals surface area contributed by atoms with Crippen LogP contribution in [-0.4, -0.2) is 26.4 Å². The highest BCUT2D eigenvalue weighted by Crippen LogP contribution is 2.28. The summed E-state index contributed by atoms with van der Waals surface area (Å²) in [6.45, 7) is 12.2. The van der Waals surface area contributed by atoms with E-state index in [4.69, 9.17) is 16.3 Å². The summed E-state index contributed by atoms with van der Waals surface area (Å²) in [5, 5.41) is 12.8. The fourth-order valence-electron chi connectivity index (χ4n) is 3.16. The quantitative estimate of drug-likeness (QED) is 0.311. The number of aryl methyl sites for hydroxylation is 1. The second kappa shape index (κ2) is 10.7. The fourth-order valence-corrected chi connectivity index (χ4v) is 4.09. The van der Waals surface area contributed by atoms with Crippen LogP contribution in [0, 0.1) is 20.8 Å². The smallest absolute Gasteiger partial charge is 0.234 e. The SMILES string of the molecule is C=CCn1c(SCC(=O)Nc2cccc(Cl)c2C)nnc1C(C)Oc1cccc(C)c1C. The van der Waals surface area contributed by atoms with Gasteiger partial charge in [-0.3, -0.25) is 9.36 Å². The number of anilines is 1. The van der Waals surface area contributed by atoms with E-state index in [1.807, 2.05) is 49.6 Å². The summed E-state index contributed by atoms with van der Waals surface area (Å²) in [4.78, 5) is 12.5. The average molecular weight is 471 g/mol. The molecule has 0 bridgehead atoms. The van der Waals surface area contributed by atoms with Crippen LogP contribution < -0.4 is 10.1 Å². The highest BCUT2D eigenvalue weighted by atomic mass is 35.5. The van der Waals surface area contributed by atoms with Gasteiger partial charge in [0.05, 0.1) is 5.75 Å². The molecule has 1 unspecified atom stereocenters. The predicted octanol–water partition coefficient (Wildman–Crippen LogP) is 5.91. The number of hydrogen-bond donors (Lipinski definition) is 1. The Bertz CT molecular complexity index is 1130. The van der Waals surface area contributed by atoms with E-state index in [0.717, 1.165) is 16.9 Å². The minimum atomic E-state index is -0.319. The maximum Gasteiger partial charge on any atom is 0.234 e. The van der Waals surface area contributed by atoms with Crippen molar-refractivity contribution in [2.24, 2.45) is 0 Å². The van der Waals surface area contributed by atoms with Crippen molar-refractivity contribution >= 4 is 35.0 Å². The summed E-state index contributed by atoms with van der Waals surface area (Å²) in [5.74, 6) is 1.54. The standard InChI is InChI=1S/C24H27ClN4O2S/c1-6-13-29-23(18(5)31-21-12-7-9-15(2)16(21)3)27-28-24(29)32-14-22(30)26-20-11-8-10-19(25)17(20)4/h6-12,18H,1,13-14H2,2-5H3,(H,26,30). The second-order valence-electron chi connectivity index (χ2n) is 7.45. The largest absolute Gasteiger partial charge is 0.482 e. The van der Waals surface area contributed by atoms with Gasteiger partial charge in [-0.15, -0.1) is 16.8 Å². The van der Waals surface area contributed by atoms with Crippen LogP contribution in [0.5, 0.6) is 5.75 Å². The highest BCUT2D eigenvalue weighted by molar-refractivity contribution is 7.99. The third kappa shape index (κ3) is 5.53. The molecule has 1 aromatic heterocycles. The highest BCUT2D eigenvalue weighted by Gasteiger charge is 2.20. The number of ether oxygens (including phenoxy) is 1. The Morgan fingerprint density at radius 1 is 1.22 bits per heavy atom. The zero-order valence-electron chi connectivity index (χ0n) is 18.7. The molecular formula is C24H27ClN4O2S. The lowest BCUT2D eigenvalue weighted by Gasteiger charge is -2.18. The van der Waals surface area contributed by atoms with Crippen LogP contribution in [0.15, 0.2) is 54.2 Å². The van der Waals surface area contributed by atoms with Gasteiger partial charge in [0.2, 0.25) is 5.91 Å². The topological polar surface area (TPSA) is 69.0 Å². The summed E-state index contributed by atoms with van der Waals surface area (Å²) in [6.07, 6.45) is 1.46. The number of nitrogens with zero attached hydrogens (tertiary/aromatic N) is 3. The van der Waals surface area contributed by atoms with E-state index in [2.05, 4.69) is 35.1 Å². The first-order chi connectivity index (χ1) is 15.3. The summed E-state index contributed by atoms with van der Waals surface area (Å²) < 4.78 is 8.10. The van der Waals surface area contributed by atoms with Gasteiger partial charge in [0.25, 0.3) is 0 Å². The molecule has 1 amide bonds. The van der Waals surface area contributed by atoms with Crippen molar-refractivity contribution in [2.75, 3.05) is 11.1 Å². The normalized spacial score (nSPS) is 11.8. The zero-order valence-corrected chi connectivity index (χ0v) is 20.3. The maximum atomic E-state index is 12.5. The van der Waals surface area contributed by atoms with Crippen molar-refractivity contribution < 1.29 is 9.53 Å². The molecule has 0 radical (unpaired) electrons. The number of hydrogen-bond acceptors (Lipinski definition) is 5. The molecule has 6 nitrogen and oxygen atoms in total. The molecule has 0 aliphatic rings. The third-order valence-corrected chi connectivity index (χ3v) is 6.53. The number of allylic oxidation sites excluding steroid dienone is 1. The summed E-state index contributed by atoms with van der Waals surface area (Å²) in [7, 11) is 0. The Morgan fingerprint density at radius 2 is 1.97 bits per heavy atom. The number of thioether (sulfide) groups is 1. The molecule has 0 spiro atoms. The van der Waals surface area contributed by atoms with E-state index in [0.29, 0.717) is 28.2 Å². The van der Waals surface area contributed by atoms with Crippen LogP contribution in [0.25, 0.3) is 0 Å². The average Bonchev–Trinajstić information content (AvgIpc) is 3.16. The van der Waals surface area contributed by atoms with Crippen molar-refractivity contribution in [1.82, 2.24) is 14.8 Å². The molecule has 0 fully saturated rings. The molecule has 3 rings (SSSR count). The number of rotatable bonds is 9. The molecule has 0 saturated heterocycles. The molecule has 1 N–H and O–H groups in total. The maximum absolute atomic E-state index is 12.5. The first-order valence-electron chi connectivity index (χ1n) is 10.3. The van der Waals surface area contributed by atoms with E-state index < -0.39 is 0 Å². The molecule has 168 valence electrons. The van der Waals surface area contributed by atoms with Crippen LogP contribution in [0.1, 0.15) is 35.5 Å². The summed E-state index contributed by atoms with van der Waals surface area (Å²) in [6, 6.07) is 11.4. The van der Waals surface area contributed by atoms with Crippen molar-refractivity contribution in [3.05, 3.63) is 76.6 Å². The third-order valence-electron chi connectivity index (χ3n) is 5.15. The first-order valence-corrected chi connectivity index (χ1v) is 11.6. The van der Waals surface area contributed by atoms with E-state index in [-0.39, 0.29) is 17.8 Å². The van der Waals surface area contributed by atoms with Gasteiger partial charge in [0.1, 0.15) is 5.75 Å². The van der Waals surface area contributed by atoms with E-state index >= 15 is 0 Å². The van der Waals surface area contributed by atoms with Gasteiger partial charge in [-0.25, -0.2) is 0 Å². The Kier molecular flexibility index (Phi) is 7.99. The lowest BCUT2D eigenvalue weighted by Crippen LogP contribution is -2.16. The Labute approximate surface area is 198 Å². The monoisotopic (exact) mass is 470 g/mol. The van der Waals surface area contributed by atoms with Gasteiger partial charge in [0.15, 0.2) is 17.1 Å². The molecule has 0 aliphatic carbocycles. The number of nitrogens with one attached hydrogen (secondary N) is 1. The van der Waals surface area contributed by atoms with Gasteiger partial charge >= 0.3 is 0 Å². The summed E-state index contributed by atoms with van der Waals surface area (Å²) in [5.41, 5.74) is 3.80. The molecule has 0 saturated carbocycles. The molecule has 1 atom stereocenters. The van der Waals surface area contributed by atoms with E-state index in [9.17, 15) is 4.79 Å². The molecule has 32 heavy (non-hydrogen) atoms. The molecule has 1 heterocycles. The number of carbonyl (C=O) groups is 1. The van der Waals surface area contributed by atoms with Gasteiger partial charge in [-0.05, 0) is 62.6 Å². The number of benzene rings is 2. The van der Waals surface area contributed by atoms with Crippen molar-refractivity contribution in [3.63, 3.8) is 0 Å². The molecule has 2 aromatic carbocycles. The van der Waals surface area contributed by atoms with Crippen LogP contribution >= 0.6 is 23.4 Å². The van der Waals surface area contributed by atoms with Crippen LogP contribution in [0.4, 0.5) is 5.69 Å². The number of carbonyl (C=O) groups excluding carboxylic acids is 1. The number of amides is 1. The zero-order chi connectivity index (χ0) is 23.3.